The van der Waals surface area contributed by atoms with E-state index in [0.29, 0.717) is 6.61 Å². The number of nitrogens with zero attached hydrogens (tertiary/aromatic N) is 1. The molecule has 0 bridgehead atoms. The lowest BCUT2D eigenvalue weighted by atomic mass is 9.91. The molecule has 1 aromatic rings. The fourth-order valence-electron chi connectivity index (χ4n) is 2.33. The maximum absolute atomic E-state index is 12.1. The molecule has 5 nitrogen and oxygen atoms in total. The fourth-order valence-corrected chi connectivity index (χ4v) is 2.33. The minimum Gasteiger partial charge on any atom is -0.373 e. The number of ether oxygens (including phenoxy) is 1. The van der Waals surface area contributed by atoms with Crippen LogP contribution in [-0.2, 0) is 9.53 Å². The van der Waals surface area contributed by atoms with Gasteiger partial charge in [0, 0.05) is 30.8 Å². The molecule has 2 atom stereocenters. The van der Waals surface area contributed by atoms with Gasteiger partial charge in [-0.1, -0.05) is 0 Å². The maximum Gasteiger partial charge on any atom is 0.397 e. The minimum atomic E-state index is -4.48. The van der Waals surface area contributed by atoms with Gasteiger partial charge in [0.1, 0.15) is 6.42 Å². The number of carbonyl (C=O) groups excluding carboxylic acids is 1. The Morgan fingerprint density at radius 1 is 1.55 bits per heavy atom. The van der Waals surface area contributed by atoms with Crippen LogP contribution in [0.3, 0.4) is 0 Å². The van der Waals surface area contributed by atoms with E-state index in [4.69, 9.17) is 4.74 Å². The highest BCUT2D eigenvalue weighted by Gasteiger charge is 2.33. The monoisotopic (exact) mass is 291 g/mol. The van der Waals surface area contributed by atoms with E-state index in [0.717, 1.165) is 18.4 Å². The van der Waals surface area contributed by atoms with E-state index in [1.165, 1.54) is 0 Å². The lowest BCUT2D eigenvalue weighted by molar-refractivity contribution is -0.154. The Hall–Kier alpha value is -1.57. The van der Waals surface area contributed by atoms with E-state index in [1.807, 2.05) is 0 Å². The Balaban J connectivity index is 1.88. The molecule has 112 valence electrons. The first-order chi connectivity index (χ1) is 9.46. The summed E-state index contributed by atoms with van der Waals surface area (Å²) in [5, 5.41) is 8.84. The van der Waals surface area contributed by atoms with Gasteiger partial charge in [-0.3, -0.25) is 9.89 Å². The Bertz CT molecular complexity index is 434. The van der Waals surface area contributed by atoms with Gasteiger partial charge in [-0.05, 0) is 12.8 Å². The molecule has 2 N–H and O–H groups in total. The Labute approximate surface area is 113 Å². The van der Waals surface area contributed by atoms with Crippen molar-refractivity contribution in [1.82, 2.24) is 15.5 Å². The van der Waals surface area contributed by atoms with E-state index < -0.39 is 18.5 Å². The van der Waals surface area contributed by atoms with Crippen LogP contribution in [0.15, 0.2) is 12.4 Å². The fraction of sp³-hybridized carbons (Fsp3) is 0.667. The average Bonchev–Trinajstić information content (AvgIpc) is 2.88. The lowest BCUT2D eigenvalue weighted by Crippen LogP contribution is -2.36. The van der Waals surface area contributed by atoms with Gasteiger partial charge in [0.2, 0.25) is 5.91 Å². The van der Waals surface area contributed by atoms with Gasteiger partial charge in [-0.15, -0.1) is 0 Å². The second-order valence-corrected chi connectivity index (χ2v) is 4.82. The molecule has 0 saturated carbocycles. The average molecular weight is 291 g/mol. The third kappa shape index (κ3) is 4.22. The van der Waals surface area contributed by atoms with Crippen LogP contribution in [0.5, 0.6) is 0 Å². The van der Waals surface area contributed by atoms with E-state index in [-0.39, 0.29) is 18.6 Å². The van der Waals surface area contributed by atoms with Crippen molar-refractivity contribution < 1.29 is 22.7 Å². The first-order valence-electron chi connectivity index (χ1n) is 6.39. The molecular formula is C12H16F3N3O2. The van der Waals surface area contributed by atoms with Gasteiger partial charge in [-0.25, -0.2) is 0 Å². The smallest absolute Gasteiger partial charge is 0.373 e. The predicted octanol–water partition coefficient (Wildman–Crippen LogP) is 1.95. The van der Waals surface area contributed by atoms with Crippen LogP contribution in [0.25, 0.3) is 0 Å². The first kappa shape index (κ1) is 14.8. The number of carbonyl (C=O) groups is 1. The highest BCUT2D eigenvalue weighted by atomic mass is 19.4. The highest BCUT2D eigenvalue weighted by molar-refractivity contribution is 5.76. The number of halogens is 3. The van der Waals surface area contributed by atoms with Crippen molar-refractivity contribution in [3.05, 3.63) is 18.0 Å². The number of nitrogens with one attached hydrogen (secondary N) is 2. The van der Waals surface area contributed by atoms with Crippen molar-refractivity contribution in [3.63, 3.8) is 0 Å². The molecule has 0 radical (unpaired) electrons. The van der Waals surface area contributed by atoms with Crippen LogP contribution in [-0.4, -0.2) is 35.4 Å². The summed E-state index contributed by atoms with van der Waals surface area (Å²) in [6, 6.07) is 0. The van der Waals surface area contributed by atoms with Crippen LogP contribution < -0.4 is 5.32 Å². The second-order valence-electron chi connectivity index (χ2n) is 4.82. The molecule has 0 aliphatic carbocycles. The van der Waals surface area contributed by atoms with Gasteiger partial charge in [-0.2, -0.15) is 18.3 Å². The summed E-state index contributed by atoms with van der Waals surface area (Å²) in [6.45, 7) is 0.771. The summed E-state index contributed by atoms with van der Waals surface area (Å²) >= 11 is 0. The van der Waals surface area contributed by atoms with E-state index in [1.54, 1.807) is 12.4 Å². The Kier molecular flexibility index (Phi) is 4.64. The summed E-state index contributed by atoms with van der Waals surface area (Å²) in [6.07, 6.45) is -1.22. The van der Waals surface area contributed by atoms with Gasteiger partial charge >= 0.3 is 6.18 Å². The van der Waals surface area contributed by atoms with E-state index in [9.17, 15) is 18.0 Å². The quantitative estimate of drug-likeness (QED) is 0.891. The molecule has 0 spiro atoms. The van der Waals surface area contributed by atoms with Crippen molar-refractivity contribution >= 4 is 5.91 Å². The van der Waals surface area contributed by atoms with Gasteiger partial charge in [0.15, 0.2) is 0 Å². The number of amides is 1. The predicted molar refractivity (Wildman–Crippen MR) is 63.7 cm³/mol. The molecule has 8 heteroatoms. The normalized spacial score (nSPS) is 23.6. The van der Waals surface area contributed by atoms with Crippen LogP contribution in [0.4, 0.5) is 13.2 Å². The van der Waals surface area contributed by atoms with Crippen molar-refractivity contribution in [2.45, 2.75) is 31.5 Å². The van der Waals surface area contributed by atoms with Crippen LogP contribution in [0.1, 0.15) is 30.9 Å². The van der Waals surface area contributed by atoms with E-state index >= 15 is 0 Å². The third-order valence-electron chi connectivity index (χ3n) is 3.22. The lowest BCUT2D eigenvalue weighted by Gasteiger charge is -2.31. The summed E-state index contributed by atoms with van der Waals surface area (Å²) < 4.78 is 41.9. The Morgan fingerprint density at radius 3 is 3.00 bits per heavy atom. The molecule has 0 aromatic carbocycles. The SMILES string of the molecule is O=C(CC(F)(F)F)NC[C@@H]1CCCO[C@H]1c1cn[nH]c1. The van der Waals surface area contributed by atoms with Crippen molar-refractivity contribution in [1.29, 1.82) is 0 Å². The molecule has 20 heavy (non-hydrogen) atoms. The molecular weight excluding hydrogens is 275 g/mol. The number of hydrogen-bond donors (Lipinski definition) is 2. The number of H-pyrrole nitrogens is 1. The number of aromatic nitrogens is 2. The van der Waals surface area contributed by atoms with Crippen LogP contribution in [0, 0.1) is 5.92 Å². The third-order valence-corrected chi connectivity index (χ3v) is 3.22. The van der Waals surface area contributed by atoms with Gasteiger partial charge < -0.3 is 10.1 Å². The highest BCUT2D eigenvalue weighted by Crippen LogP contribution is 2.32. The summed E-state index contributed by atoms with van der Waals surface area (Å²) in [7, 11) is 0. The number of aromatic amines is 1. The topological polar surface area (TPSA) is 67.0 Å². The van der Waals surface area contributed by atoms with Crippen molar-refractivity contribution in [2.24, 2.45) is 5.92 Å². The number of hydrogen-bond acceptors (Lipinski definition) is 3. The molecule has 1 saturated heterocycles. The summed E-state index contributed by atoms with van der Waals surface area (Å²) in [5.41, 5.74) is 0.847. The molecule has 1 aromatic heterocycles. The molecule has 0 unspecified atom stereocenters. The van der Waals surface area contributed by atoms with Crippen molar-refractivity contribution in [2.75, 3.05) is 13.2 Å². The summed E-state index contributed by atoms with van der Waals surface area (Å²) in [5.74, 6) is -1.05. The Morgan fingerprint density at radius 2 is 2.35 bits per heavy atom. The van der Waals surface area contributed by atoms with Crippen LogP contribution >= 0.6 is 0 Å². The zero-order valence-corrected chi connectivity index (χ0v) is 10.7. The molecule has 1 amide bonds. The zero-order chi connectivity index (χ0) is 14.6. The molecule has 1 fully saturated rings. The van der Waals surface area contributed by atoms with Gasteiger partial charge in [0.25, 0.3) is 0 Å². The van der Waals surface area contributed by atoms with Gasteiger partial charge in [0.05, 0.1) is 12.3 Å². The van der Waals surface area contributed by atoms with Crippen LogP contribution in [0.2, 0.25) is 0 Å². The number of alkyl halides is 3. The molecule has 2 heterocycles. The number of rotatable bonds is 4. The maximum atomic E-state index is 12.1. The first-order valence-corrected chi connectivity index (χ1v) is 6.39. The summed E-state index contributed by atoms with van der Waals surface area (Å²) in [4.78, 5) is 11.2. The molecule has 1 aliphatic heterocycles. The minimum absolute atomic E-state index is 0.0430. The zero-order valence-electron chi connectivity index (χ0n) is 10.7. The van der Waals surface area contributed by atoms with Crippen molar-refractivity contribution in [3.8, 4) is 0 Å². The standard InChI is InChI=1S/C12H16F3N3O2/c13-12(14,15)4-10(19)16-5-8-2-1-3-20-11(8)9-6-17-18-7-9/h6-8,11H,1-5H2,(H,16,19)(H,17,18)/t8-,11+/m0/s1. The second kappa shape index (κ2) is 6.25. The largest absolute Gasteiger partial charge is 0.397 e. The van der Waals surface area contributed by atoms with E-state index in [2.05, 4.69) is 15.5 Å². The molecule has 2 rings (SSSR count). The molecule has 1 aliphatic rings.